The predicted octanol–water partition coefficient (Wildman–Crippen LogP) is 3.68. The molecule has 0 heterocycles. The van der Waals surface area contributed by atoms with E-state index in [0.717, 1.165) is 25.3 Å². The molecule has 1 aromatic carbocycles. The maximum Gasteiger partial charge on any atom is 0.340 e. The van der Waals surface area contributed by atoms with Gasteiger partial charge in [0, 0.05) is 5.92 Å². The fourth-order valence-electron chi connectivity index (χ4n) is 2.05. The van der Waals surface area contributed by atoms with Crippen molar-refractivity contribution in [1.29, 1.82) is 0 Å². The number of amides is 1. The van der Waals surface area contributed by atoms with Crippen LogP contribution in [0.3, 0.4) is 0 Å². The highest BCUT2D eigenvalue weighted by Crippen LogP contribution is 2.21. The number of carbonyl (C=O) groups is 2. The third kappa shape index (κ3) is 4.05. The van der Waals surface area contributed by atoms with Gasteiger partial charge in [-0.1, -0.05) is 32.8 Å². The Labute approximate surface area is 118 Å². The Hall–Kier alpha value is -1.91. The van der Waals surface area contributed by atoms with E-state index in [1.807, 2.05) is 13.8 Å². The monoisotopic (exact) mass is 281 g/mol. The van der Waals surface area contributed by atoms with Crippen LogP contribution >= 0.6 is 0 Å². The van der Waals surface area contributed by atoms with Crippen LogP contribution in [0.4, 0.5) is 10.1 Å². The highest BCUT2D eigenvalue weighted by Gasteiger charge is 2.21. The standard InChI is InChI=1S/C15H20FNO3/c1-3-5-7-10(4-2)14(18)17-12-9-6-8-11(16)13(12)15(19)20/h6,8-10H,3-5,7H2,1-2H3,(H,17,18)(H,19,20). The topological polar surface area (TPSA) is 66.4 Å². The Morgan fingerprint density at radius 3 is 2.60 bits per heavy atom. The first-order chi connectivity index (χ1) is 9.51. The Bertz CT molecular complexity index is 488. The van der Waals surface area contributed by atoms with E-state index in [4.69, 9.17) is 5.11 Å². The molecule has 0 radical (unpaired) electrons. The van der Waals surface area contributed by atoms with Crippen LogP contribution in [0.1, 0.15) is 49.9 Å². The van der Waals surface area contributed by atoms with E-state index < -0.39 is 17.3 Å². The van der Waals surface area contributed by atoms with Gasteiger partial charge in [0.05, 0.1) is 5.69 Å². The second-order valence-electron chi connectivity index (χ2n) is 4.70. The summed E-state index contributed by atoms with van der Waals surface area (Å²) in [6.07, 6.45) is 3.34. The van der Waals surface area contributed by atoms with Crippen molar-refractivity contribution >= 4 is 17.6 Å². The minimum Gasteiger partial charge on any atom is -0.478 e. The molecule has 2 N–H and O–H groups in total. The number of carboxylic acids is 1. The van der Waals surface area contributed by atoms with E-state index in [1.54, 1.807) is 0 Å². The first-order valence-corrected chi connectivity index (χ1v) is 6.83. The molecule has 4 nitrogen and oxygen atoms in total. The summed E-state index contributed by atoms with van der Waals surface area (Å²) in [5.74, 6) is -2.68. The summed E-state index contributed by atoms with van der Waals surface area (Å²) in [5, 5.41) is 11.5. The molecule has 1 amide bonds. The third-order valence-corrected chi connectivity index (χ3v) is 3.26. The molecule has 0 saturated heterocycles. The third-order valence-electron chi connectivity index (χ3n) is 3.26. The van der Waals surface area contributed by atoms with Crippen LogP contribution in [-0.2, 0) is 4.79 Å². The lowest BCUT2D eigenvalue weighted by molar-refractivity contribution is -0.120. The fraction of sp³-hybridized carbons (Fsp3) is 0.467. The van der Waals surface area contributed by atoms with Gasteiger partial charge in [0.25, 0.3) is 0 Å². The molecule has 0 aliphatic rings. The summed E-state index contributed by atoms with van der Waals surface area (Å²) in [5.41, 5.74) is -0.483. The van der Waals surface area contributed by atoms with Gasteiger partial charge in [0.1, 0.15) is 11.4 Å². The van der Waals surface area contributed by atoms with Crippen molar-refractivity contribution in [3.05, 3.63) is 29.6 Å². The lowest BCUT2D eigenvalue weighted by Crippen LogP contribution is -2.23. The molecule has 5 heteroatoms. The number of benzene rings is 1. The molecule has 1 rings (SSSR count). The van der Waals surface area contributed by atoms with Crippen molar-refractivity contribution in [3.63, 3.8) is 0 Å². The van der Waals surface area contributed by atoms with Crippen LogP contribution in [0.25, 0.3) is 0 Å². The number of carbonyl (C=O) groups excluding carboxylic acids is 1. The zero-order valence-corrected chi connectivity index (χ0v) is 11.8. The molecule has 0 bridgehead atoms. The molecule has 0 fully saturated rings. The Morgan fingerprint density at radius 1 is 1.35 bits per heavy atom. The van der Waals surface area contributed by atoms with E-state index in [2.05, 4.69) is 5.32 Å². The van der Waals surface area contributed by atoms with Gasteiger partial charge in [0.15, 0.2) is 0 Å². The molecule has 0 saturated carbocycles. The maximum atomic E-state index is 13.5. The maximum absolute atomic E-state index is 13.5. The van der Waals surface area contributed by atoms with Gasteiger partial charge in [0.2, 0.25) is 5.91 Å². The van der Waals surface area contributed by atoms with Crippen LogP contribution in [0.5, 0.6) is 0 Å². The largest absolute Gasteiger partial charge is 0.478 e. The number of anilines is 1. The van der Waals surface area contributed by atoms with Gasteiger partial charge in [-0.2, -0.15) is 0 Å². The highest BCUT2D eigenvalue weighted by molar-refractivity contribution is 6.01. The lowest BCUT2D eigenvalue weighted by atomic mass is 9.98. The number of unbranched alkanes of at least 4 members (excludes halogenated alkanes) is 1. The van der Waals surface area contributed by atoms with Crippen molar-refractivity contribution in [2.45, 2.75) is 39.5 Å². The Balaban J connectivity index is 2.89. The zero-order chi connectivity index (χ0) is 15.1. The Kier molecular flexibility index (Phi) is 6.15. The van der Waals surface area contributed by atoms with Crippen molar-refractivity contribution in [1.82, 2.24) is 0 Å². The number of hydrogen-bond donors (Lipinski definition) is 2. The average molecular weight is 281 g/mol. The molecule has 1 atom stereocenters. The molecular weight excluding hydrogens is 261 g/mol. The van der Waals surface area contributed by atoms with Gasteiger partial charge < -0.3 is 10.4 Å². The number of carboxylic acid groups (broad SMARTS) is 1. The predicted molar refractivity (Wildman–Crippen MR) is 75.3 cm³/mol. The smallest absolute Gasteiger partial charge is 0.340 e. The normalized spacial score (nSPS) is 11.9. The van der Waals surface area contributed by atoms with Crippen LogP contribution < -0.4 is 5.32 Å². The molecule has 20 heavy (non-hydrogen) atoms. The number of aromatic carboxylic acids is 1. The summed E-state index contributed by atoms with van der Waals surface area (Å²) in [6, 6.07) is 3.84. The summed E-state index contributed by atoms with van der Waals surface area (Å²) < 4.78 is 13.5. The van der Waals surface area contributed by atoms with Crippen LogP contribution in [0.2, 0.25) is 0 Å². The summed E-state index contributed by atoms with van der Waals surface area (Å²) >= 11 is 0. The van der Waals surface area contributed by atoms with Crippen molar-refractivity contribution < 1.29 is 19.1 Å². The van der Waals surface area contributed by atoms with Gasteiger partial charge in [-0.15, -0.1) is 0 Å². The van der Waals surface area contributed by atoms with E-state index in [1.165, 1.54) is 12.1 Å². The quantitative estimate of drug-likeness (QED) is 0.801. The van der Waals surface area contributed by atoms with Gasteiger partial charge in [-0.25, -0.2) is 9.18 Å². The molecule has 0 aliphatic heterocycles. The number of rotatable bonds is 7. The molecule has 1 unspecified atom stereocenters. The van der Waals surface area contributed by atoms with Crippen LogP contribution in [0.15, 0.2) is 18.2 Å². The number of halogens is 1. The second-order valence-corrected chi connectivity index (χ2v) is 4.70. The SMILES string of the molecule is CCCCC(CC)C(=O)Nc1cccc(F)c1C(=O)O. The fourth-order valence-corrected chi connectivity index (χ4v) is 2.05. The van der Waals surface area contributed by atoms with E-state index in [0.29, 0.717) is 6.42 Å². The van der Waals surface area contributed by atoms with Crippen LogP contribution in [0, 0.1) is 11.7 Å². The number of hydrogen-bond acceptors (Lipinski definition) is 2. The summed E-state index contributed by atoms with van der Waals surface area (Å²) in [4.78, 5) is 23.2. The zero-order valence-electron chi connectivity index (χ0n) is 11.8. The highest BCUT2D eigenvalue weighted by atomic mass is 19.1. The molecule has 0 aliphatic carbocycles. The molecule has 0 spiro atoms. The minimum atomic E-state index is -1.39. The molecule has 0 aromatic heterocycles. The van der Waals surface area contributed by atoms with Crippen molar-refractivity contribution in [2.24, 2.45) is 5.92 Å². The minimum absolute atomic E-state index is 0.0115. The van der Waals surface area contributed by atoms with Gasteiger partial charge in [-0.3, -0.25) is 4.79 Å². The molecule has 110 valence electrons. The number of nitrogens with one attached hydrogen (secondary N) is 1. The van der Waals surface area contributed by atoms with E-state index in [9.17, 15) is 14.0 Å². The van der Waals surface area contributed by atoms with E-state index in [-0.39, 0.29) is 17.5 Å². The first kappa shape index (κ1) is 16.1. The first-order valence-electron chi connectivity index (χ1n) is 6.83. The van der Waals surface area contributed by atoms with Gasteiger partial charge in [-0.05, 0) is 25.0 Å². The second kappa shape index (κ2) is 7.62. The van der Waals surface area contributed by atoms with Crippen LogP contribution in [-0.4, -0.2) is 17.0 Å². The summed E-state index contributed by atoms with van der Waals surface area (Å²) in [7, 11) is 0. The van der Waals surface area contributed by atoms with Crippen molar-refractivity contribution in [3.8, 4) is 0 Å². The summed E-state index contributed by atoms with van der Waals surface area (Å²) in [6.45, 7) is 3.95. The van der Waals surface area contributed by atoms with E-state index >= 15 is 0 Å². The average Bonchev–Trinajstić information content (AvgIpc) is 2.39. The lowest BCUT2D eigenvalue weighted by Gasteiger charge is -2.15. The molecule has 1 aromatic rings. The molecular formula is C15H20FNO3. The van der Waals surface area contributed by atoms with Gasteiger partial charge >= 0.3 is 5.97 Å². The van der Waals surface area contributed by atoms with Crippen molar-refractivity contribution in [2.75, 3.05) is 5.32 Å². The Morgan fingerprint density at radius 2 is 2.05 bits per heavy atom.